The van der Waals surface area contributed by atoms with Crippen LogP contribution in [0.5, 0.6) is 0 Å². The van der Waals surface area contributed by atoms with Crippen molar-refractivity contribution in [3.63, 3.8) is 0 Å². The third-order valence-electron chi connectivity index (χ3n) is 5.14. The summed E-state index contributed by atoms with van der Waals surface area (Å²) >= 11 is 0. The molecule has 114 valence electrons. The van der Waals surface area contributed by atoms with Gasteiger partial charge in [-0.25, -0.2) is 4.79 Å². The highest BCUT2D eigenvalue weighted by Crippen LogP contribution is 2.34. The van der Waals surface area contributed by atoms with Gasteiger partial charge in [0.15, 0.2) is 0 Å². The number of carboxylic acid groups (broad SMARTS) is 1. The predicted molar refractivity (Wildman–Crippen MR) is 76.5 cm³/mol. The van der Waals surface area contributed by atoms with Crippen LogP contribution in [0, 0.1) is 11.3 Å². The molecule has 2 aliphatic heterocycles. The highest BCUT2D eigenvalue weighted by atomic mass is 16.4. The molecule has 5 nitrogen and oxygen atoms in total. The van der Waals surface area contributed by atoms with Gasteiger partial charge < -0.3 is 14.9 Å². The molecule has 0 bridgehead atoms. The highest BCUT2D eigenvalue weighted by molar-refractivity contribution is 5.76. The largest absolute Gasteiger partial charge is 0.481 e. The van der Waals surface area contributed by atoms with Crippen LogP contribution in [0.3, 0.4) is 0 Å². The summed E-state index contributed by atoms with van der Waals surface area (Å²) in [7, 11) is 0. The van der Waals surface area contributed by atoms with Crippen LogP contribution >= 0.6 is 0 Å². The van der Waals surface area contributed by atoms with E-state index in [1.165, 1.54) is 0 Å². The van der Waals surface area contributed by atoms with Crippen molar-refractivity contribution in [2.45, 2.75) is 46.0 Å². The third kappa shape index (κ3) is 3.25. The molecule has 0 saturated carbocycles. The summed E-state index contributed by atoms with van der Waals surface area (Å²) in [5, 5.41) is 9.10. The topological polar surface area (TPSA) is 60.9 Å². The number of piperidine rings is 2. The smallest absolute Gasteiger partial charge is 0.320 e. The average Bonchev–Trinajstić information content (AvgIpc) is 2.47. The van der Waals surface area contributed by atoms with E-state index in [0.717, 1.165) is 38.8 Å². The van der Waals surface area contributed by atoms with E-state index in [2.05, 4.69) is 13.8 Å². The normalized spacial score (nSPS) is 26.4. The molecule has 2 rings (SSSR count). The Morgan fingerprint density at radius 2 is 1.85 bits per heavy atom. The maximum absolute atomic E-state index is 12.5. The number of carboxylic acids is 1. The van der Waals surface area contributed by atoms with Gasteiger partial charge in [-0.1, -0.05) is 20.3 Å². The Bertz CT molecular complexity index is 375. The molecule has 0 radical (unpaired) electrons. The van der Waals surface area contributed by atoms with Gasteiger partial charge in [-0.05, 0) is 31.1 Å². The fourth-order valence-corrected chi connectivity index (χ4v) is 3.14. The second-order valence-electron chi connectivity index (χ2n) is 6.56. The van der Waals surface area contributed by atoms with E-state index in [1.54, 1.807) is 4.90 Å². The zero-order valence-electron chi connectivity index (χ0n) is 12.6. The number of aliphatic carboxylic acids is 1. The maximum Gasteiger partial charge on any atom is 0.320 e. The number of hydrogen-bond acceptors (Lipinski definition) is 2. The van der Waals surface area contributed by atoms with Gasteiger partial charge >= 0.3 is 12.0 Å². The summed E-state index contributed by atoms with van der Waals surface area (Å²) in [6.07, 6.45) is 4.73. The van der Waals surface area contributed by atoms with Gasteiger partial charge in [0.1, 0.15) is 0 Å². The predicted octanol–water partition coefficient (Wildman–Crippen LogP) is 2.42. The van der Waals surface area contributed by atoms with Gasteiger partial charge in [0.25, 0.3) is 0 Å². The van der Waals surface area contributed by atoms with Gasteiger partial charge in [0, 0.05) is 26.2 Å². The first-order chi connectivity index (χ1) is 9.45. The lowest BCUT2D eigenvalue weighted by Gasteiger charge is -2.42. The lowest BCUT2D eigenvalue weighted by molar-refractivity contribution is -0.143. The summed E-state index contributed by atoms with van der Waals surface area (Å²) in [4.78, 5) is 27.2. The lowest BCUT2D eigenvalue weighted by Crippen LogP contribution is -2.51. The quantitative estimate of drug-likeness (QED) is 0.846. The van der Waals surface area contributed by atoms with E-state index in [-0.39, 0.29) is 6.03 Å². The molecule has 1 N–H and O–H groups in total. The van der Waals surface area contributed by atoms with E-state index in [4.69, 9.17) is 5.11 Å². The molecule has 2 amide bonds. The molecule has 2 heterocycles. The maximum atomic E-state index is 12.5. The molecule has 0 aliphatic carbocycles. The minimum absolute atomic E-state index is 0.0362. The van der Waals surface area contributed by atoms with Crippen LogP contribution in [0.25, 0.3) is 0 Å². The molecule has 0 aromatic rings. The Morgan fingerprint density at radius 3 is 2.40 bits per heavy atom. The molecule has 0 spiro atoms. The van der Waals surface area contributed by atoms with Crippen LogP contribution in [-0.2, 0) is 4.79 Å². The molecule has 20 heavy (non-hydrogen) atoms. The number of hydrogen-bond donors (Lipinski definition) is 1. The van der Waals surface area contributed by atoms with Crippen molar-refractivity contribution in [1.29, 1.82) is 0 Å². The number of amides is 2. The van der Waals surface area contributed by atoms with Crippen LogP contribution in [0.4, 0.5) is 4.79 Å². The molecular weight excluding hydrogens is 256 g/mol. The van der Waals surface area contributed by atoms with Crippen molar-refractivity contribution in [1.82, 2.24) is 9.80 Å². The summed E-state index contributed by atoms with van der Waals surface area (Å²) in [5.74, 6) is -1.17. The zero-order chi connectivity index (χ0) is 14.8. The van der Waals surface area contributed by atoms with Crippen molar-refractivity contribution in [2.24, 2.45) is 11.3 Å². The van der Waals surface area contributed by atoms with Crippen LogP contribution < -0.4 is 0 Å². The van der Waals surface area contributed by atoms with Crippen LogP contribution in [-0.4, -0.2) is 53.1 Å². The second kappa shape index (κ2) is 6.02. The Hall–Kier alpha value is -1.26. The molecule has 2 aliphatic rings. The number of nitrogens with zero attached hydrogens (tertiary/aromatic N) is 2. The zero-order valence-corrected chi connectivity index (χ0v) is 12.6. The number of likely N-dealkylation sites (tertiary alicyclic amines) is 2. The van der Waals surface area contributed by atoms with Crippen molar-refractivity contribution in [3.05, 3.63) is 0 Å². The lowest BCUT2D eigenvalue weighted by atomic mass is 9.78. The van der Waals surface area contributed by atoms with Gasteiger partial charge in [0.05, 0.1) is 5.92 Å². The Labute approximate surface area is 120 Å². The van der Waals surface area contributed by atoms with Crippen LogP contribution in [0.1, 0.15) is 46.0 Å². The summed E-state index contributed by atoms with van der Waals surface area (Å²) < 4.78 is 0. The summed E-state index contributed by atoms with van der Waals surface area (Å²) in [6, 6.07) is 0.0362. The molecule has 2 saturated heterocycles. The van der Waals surface area contributed by atoms with Gasteiger partial charge in [0.2, 0.25) is 0 Å². The third-order valence-corrected chi connectivity index (χ3v) is 5.14. The highest BCUT2D eigenvalue weighted by Gasteiger charge is 2.34. The van der Waals surface area contributed by atoms with Gasteiger partial charge in [-0.2, -0.15) is 0 Å². The van der Waals surface area contributed by atoms with Gasteiger partial charge in [-0.15, -0.1) is 0 Å². The molecule has 1 unspecified atom stereocenters. The van der Waals surface area contributed by atoms with Crippen molar-refractivity contribution < 1.29 is 14.7 Å². The van der Waals surface area contributed by atoms with Crippen molar-refractivity contribution in [3.8, 4) is 0 Å². The minimum Gasteiger partial charge on any atom is -0.481 e. The molecule has 0 aromatic carbocycles. The Balaban J connectivity index is 1.90. The number of carbonyl (C=O) groups is 2. The molecular formula is C15H26N2O3. The summed E-state index contributed by atoms with van der Waals surface area (Å²) in [5.41, 5.74) is 0.363. The second-order valence-corrected chi connectivity index (χ2v) is 6.56. The fraction of sp³-hybridized carbons (Fsp3) is 0.867. The van der Waals surface area contributed by atoms with E-state index in [0.29, 0.717) is 24.9 Å². The molecule has 1 atom stereocenters. The number of carbonyl (C=O) groups excluding carboxylic acids is 1. The van der Waals surface area contributed by atoms with E-state index in [9.17, 15) is 9.59 Å². The first-order valence-electron chi connectivity index (χ1n) is 7.72. The first kappa shape index (κ1) is 15.1. The first-order valence-corrected chi connectivity index (χ1v) is 7.72. The number of rotatable bonds is 2. The van der Waals surface area contributed by atoms with Crippen LogP contribution in [0.15, 0.2) is 0 Å². The van der Waals surface area contributed by atoms with E-state index < -0.39 is 11.9 Å². The fourth-order valence-electron chi connectivity index (χ4n) is 3.14. The standard InChI is InChI=1S/C15H26N2O3/c1-3-15(2)6-9-16(10-7-15)14(20)17-8-4-5-12(11-17)13(18)19/h12H,3-11H2,1-2H3,(H,18,19). The average molecular weight is 282 g/mol. The minimum atomic E-state index is -0.778. The summed E-state index contributed by atoms with van der Waals surface area (Å²) in [6.45, 7) is 7.17. The number of urea groups is 1. The van der Waals surface area contributed by atoms with Crippen LogP contribution in [0.2, 0.25) is 0 Å². The van der Waals surface area contributed by atoms with E-state index in [1.807, 2.05) is 4.90 Å². The Morgan fingerprint density at radius 1 is 1.20 bits per heavy atom. The van der Waals surface area contributed by atoms with E-state index >= 15 is 0 Å². The molecule has 5 heteroatoms. The molecule has 0 aromatic heterocycles. The Kier molecular flexibility index (Phi) is 4.55. The van der Waals surface area contributed by atoms with Gasteiger partial charge in [-0.3, -0.25) is 4.79 Å². The van der Waals surface area contributed by atoms with Crippen molar-refractivity contribution >= 4 is 12.0 Å². The van der Waals surface area contributed by atoms with Crippen molar-refractivity contribution in [2.75, 3.05) is 26.2 Å². The SMILES string of the molecule is CCC1(C)CCN(C(=O)N2CCCC(C(=O)O)C2)CC1. The molecule has 2 fully saturated rings. The monoisotopic (exact) mass is 282 g/mol.